The van der Waals surface area contributed by atoms with E-state index < -0.39 is 0 Å². The molecule has 7 heteroatoms. The Morgan fingerprint density at radius 1 is 1.25 bits per heavy atom. The summed E-state index contributed by atoms with van der Waals surface area (Å²) in [6.07, 6.45) is 0.897. The van der Waals surface area contributed by atoms with Crippen molar-refractivity contribution in [3.8, 4) is 0 Å². The quantitative estimate of drug-likeness (QED) is 0.842. The molecule has 0 atom stereocenters. The molecule has 0 aliphatic heterocycles. The first-order valence-electron chi connectivity index (χ1n) is 7.76. The molecule has 2 aromatic rings. The minimum Gasteiger partial charge on any atom is -0.351 e. The van der Waals surface area contributed by atoms with Crippen LogP contribution in [-0.4, -0.2) is 28.1 Å². The summed E-state index contributed by atoms with van der Waals surface area (Å²) < 4.78 is 1.45. The van der Waals surface area contributed by atoms with Gasteiger partial charge in [-0.15, -0.1) is 0 Å². The Morgan fingerprint density at radius 3 is 2.62 bits per heavy atom. The summed E-state index contributed by atoms with van der Waals surface area (Å²) in [6, 6.07) is 8.31. The number of nitrogens with zero attached hydrogens (tertiary/aromatic N) is 2. The molecule has 2 amide bonds. The number of aromatic nitrogens is 2. The van der Waals surface area contributed by atoms with Gasteiger partial charge in [0.2, 0.25) is 0 Å². The lowest BCUT2D eigenvalue weighted by molar-refractivity contribution is 0.0945. The lowest BCUT2D eigenvalue weighted by Gasteiger charge is -2.06. The summed E-state index contributed by atoms with van der Waals surface area (Å²) in [7, 11) is 1.66. The number of aryl methyl sites for hydroxylation is 1. The van der Waals surface area contributed by atoms with Gasteiger partial charge in [-0.05, 0) is 24.5 Å². The molecular weight excluding hydrogens is 328 g/mol. The predicted molar refractivity (Wildman–Crippen MR) is 94.4 cm³/mol. The average molecular weight is 349 g/mol. The van der Waals surface area contributed by atoms with Gasteiger partial charge in [0.25, 0.3) is 11.8 Å². The number of hydrogen-bond acceptors (Lipinski definition) is 3. The lowest BCUT2D eigenvalue weighted by atomic mass is 10.1. The first kappa shape index (κ1) is 18.0. The van der Waals surface area contributed by atoms with E-state index in [2.05, 4.69) is 29.6 Å². The molecule has 1 aromatic heterocycles. The summed E-state index contributed by atoms with van der Waals surface area (Å²) in [5.74, 6) is 0.327. The van der Waals surface area contributed by atoms with Gasteiger partial charge < -0.3 is 10.6 Å². The lowest BCUT2D eigenvalue weighted by Crippen LogP contribution is -2.25. The topological polar surface area (TPSA) is 76.0 Å². The maximum absolute atomic E-state index is 12.3. The molecule has 2 rings (SSSR count). The Bertz CT molecular complexity index is 740. The Balaban J connectivity index is 2.05. The molecule has 0 unspecified atom stereocenters. The molecule has 0 aliphatic carbocycles. The van der Waals surface area contributed by atoms with Gasteiger partial charge in [-0.25, -0.2) is 0 Å². The molecule has 6 nitrogen and oxygen atoms in total. The van der Waals surface area contributed by atoms with Gasteiger partial charge in [-0.1, -0.05) is 37.6 Å². The van der Waals surface area contributed by atoms with Crippen molar-refractivity contribution in [2.45, 2.75) is 20.3 Å². The first-order chi connectivity index (χ1) is 11.4. The molecule has 0 bridgehead atoms. The van der Waals surface area contributed by atoms with Crippen LogP contribution < -0.4 is 10.6 Å². The molecule has 0 saturated heterocycles. The number of benzene rings is 1. The van der Waals surface area contributed by atoms with E-state index in [1.54, 1.807) is 37.4 Å². The number of nitrogens with one attached hydrogen (secondary N) is 2. The van der Waals surface area contributed by atoms with Crippen molar-refractivity contribution in [2.24, 2.45) is 13.0 Å². The van der Waals surface area contributed by atoms with Crippen LogP contribution in [0.2, 0.25) is 5.02 Å². The van der Waals surface area contributed by atoms with Gasteiger partial charge in [0.1, 0.15) is 5.82 Å². The summed E-state index contributed by atoms with van der Waals surface area (Å²) in [5.41, 5.74) is 0.624. The van der Waals surface area contributed by atoms with Crippen molar-refractivity contribution in [2.75, 3.05) is 11.9 Å². The Kier molecular flexibility index (Phi) is 5.98. The van der Waals surface area contributed by atoms with E-state index in [-0.39, 0.29) is 17.5 Å². The van der Waals surface area contributed by atoms with Crippen LogP contribution in [0, 0.1) is 5.92 Å². The Hall–Kier alpha value is -2.34. The molecule has 0 fully saturated rings. The fraction of sp³-hybridized carbons (Fsp3) is 0.353. The van der Waals surface area contributed by atoms with Gasteiger partial charge in [0.15, 0.2) is 5.69 Å². The van der Waals surface area contributed by atoms with Crippen LogP contribution in [0.4, 0.5) is 5.82 Å². The molecule has 24 heavy (non-hydrogen) atoms. The van der Waals surface area contributed by atoms with Crippen molar-refractivity contribution in [1.82, 2.24) is 15.1 Å². The molecule has 0 aliphatic rings. The minimum atomic E-state index is -0.352. The van der Waals surface area contributed by atoms with Crippen LogP contribution in [0.15, 0.2) is 30.3 Å². The average Bonchev–Trinajstić information content (AvgIpc) is 2.88. The second-order valence-electron chi connectivity index (χ2n) is 5.91. The van der Waals surface area contributed by atoms with Gasteiger partial charge in [0.05, 0.1) is 10.6 Å². The number of carbonyl (C=O) groups excluding carboxylic acids is 2. The highest BCUT2D eigenvalue weighted by Crippen LogP contribution is 2.17. The van der Waals surface area contributed by atoms with Crippen molar-refractivity contribution in [1.29, 1.82) is 0 Å². The SMILES string of the molecule is CC(C)CCNC(=O)c1cc(NC(=O)c2ccccc2Cl)n(C)n1. The van der Waals surface area contributed by atoms with Gasteiger partial charge in [-0.3, -0.25) is 14.3 Å². The maximum atomic E-state index is 12.3. The highest BCUT2D eigenvalue weighted by Gasteiger charge is 2.16. The maximum Gasteiger partial charge on any atom is 0.271 e. The molecular formula is C17H21ClN4O2. The summed E-state index contributed by atoms with van der Waals surface area (Å²) >= 11 is 6.02. The molecule has 2 N–H and O–H groups in total. The van der Waals surface area contributed by atoms with Crippen LogP contribution in [0.25, 0.3) is 0 Å². The van der Waals surface area contributed by atoms with E-state index in [1.165, 1.54) is 4.68 Å². The third-order valence-corrected chi connectivity index (χ3v) is 3.81. The van der Waals surface area contributed by atoms with Crippen molar-refractivity contribution in [3.05, 3.63) is 46.6 Å². The summed E-state index contributed by atoms with van der Waals surface area (Å²) in [5, 5.41) is 10.0. The van der Waals surface area contributed by atoms with Crippen molar-refractivity contribution >= 4 is 29.2 Å². The molecule has 0 spiro atoms. The zero-order valence-corrected chi connectivity index (χ0v) is 14.7. The third-order valence-electron chi connectivity index (χ3n) is 3.48. The smallest absolute Gasteiger partial charge is 0.271 e. The van der Waals surface area contributed by atoms with Gasteiger partial charge in [-0.2, -0.15) is 5.10 Å². The van der Waals surface area contributed by atoms with E-state index in [9.17, 15) is 9.59 Å². The number of carbonyl (C=O) groups is 2. The van der Waals surface area contributed by atoms with Gasteiger partial charge >= 0.3 is 0 Å². The minimum absolute atomic E-state index is 0.260. The molecule has 1 heterocycles. The fourth-order valence-electron chi connectivity index (χ4n) is 2.09. The molecule has 128 valence electrons. The number of hydrogen-bond donors (Lipinski definition) is 2. The molecule has 1 aromatic carbocycles. The monoisotopic (exact) mass is 348 g/mol. The second kappa shape index (κ2) is 7.97. The summed E-state index contributed by atoms with van der Waals surface area (Å²) in [6.45, 7) is 4.78. The van der Waals surface area contributed by atoms with E-state index in [0.29, 0.717) is 28.9 Å². The number of anilines is 1. The second-order valence-corrected chi connectivity index (χ2v) is 6.32. The van der Waals surface area contributed by atoms with E-state index in [0.717, 1.165) is 6.42 Å². The number of amides is 2. The highest BCUT2D eigenvalue weighted by molar-refractivity contribution is 6.34. The zero-order valence-electron chi connectivity index (χ0n) is 14.0. The molecule has 0 saturated carbocycles. The van der Waals surface area contributed by atoms with Crippen LogP contribution in [-0.2, 0) is 7.05 Å². The van der Waals surface area contributed by atoms with Crippen LogP contribution in [0.1, 0.15) is 41.1 Å². The van der Waals surface area contributed by atoms with E-state index in [1.807, 2.05) is 0 Å². The van der Waals surface area contributed by atoms with Crippen LogP contribution in [0.5, 0.6) is 0 Å². The first-order valence-corrected chi connectivity index (χ1v) is 8.14. The Morgan fingerprint density at radius 2 is 1.96 bits per heavy atom. The number of halogens is 1. The largest absolute Gasteiger partial charge is 0.351 e. The highest BCUT2D eigenvalue weighted by atomic mass is 35.5. The normalized spacial score (nSPS) is 10.7. The number of rotatable bonds is 6. The van der Waals surface area contributed by atoms with Gasteiger partial charge in [0, 0.05) is 19.7 Å². The predicted octanol–water partition coefficient (Wildman–Crippen LogP) is 3.10. The summed E-state index contributed by atoms with van der Waals surface area (Å²) in [4.78, 5) is 24.4. The third kappa shape index (κ3) is 4.58. The van der Waals surface area contributed by atoms with Crippen molar-refractivity contribution < 1.29 is 9.59 Å². The van der Waals surface area contributed by atoms with Crippen molar-refractivity contribution in [3.63, 3.8) is 0 Å². The fourth-order valence-corrected chi connectivity index (χ4v) is 2.31. The van der Waals surface area contributed by atoms with Crippen LogP contribution >= 0.6 is 11.6 Å². The Labute approximate surface area is 146 Å². The van der Waals surface area contributed by atoms with Crippen LogP contribution in [0.3, 0.4) is 0 Å². The zero-order chi connectivity index (χ0) is 17.7. The van der Waals surface area contributed by atoms with E-state index in [4.69, 9.17) is 11.6 Å². The molecule has 0 radical (unpaired) electrons. The van der Waals surface area contributed by atoms with E-state index >= 15 is 0 Å². The standard InChI is InChI=1S/C17H21ClN4O2/c1-11(2)8-9-19-17(24)14-10-15(22(3)21-14)20-16(23)12-6-4-5-7-13(12)18/h4-7,10-11H,8-9H2,1-3H3,(H,19,24)(H,20,23).